The number of anilines is 1. The summed E-state index contributed by atoms with van der Waals surface area (Å²) >= 11 is 0. The second kappa shape index (κ2) is 11.4. The minimum absolute atomic E-state index is 0.0198. The molecule has 1 saturated heterocycles. The van der Waals surface area contributed by atoms with Crippen molar-refractivity contribution in [3.8, 4) is 5.75 Å². The maximum Gasteiger partial charge on any atom is 0.265 e. The molecule has 0 bridgehead atoms. The molecule has 6 heteroatoms. The van der Waals surface area contributed by atoms with Gasteiger partial charge in [0.05, 0.1) is 18.3 Å². The van der Waals surface area contributed by atoms with Crippen molar-refractivity contribution in [3.63, 3.8) is 0 Å². The summed E-state index contributed by atoms with van der Waals surface area (Å²) in [6, 6.07) is 34.8. The molecule has 2 aliphatic rings. The van der Waals surface area contributed by atoms with E-state index in [4.69, 9.17) is 4.74 Å². The van der Waals surface area contributed by atoms with Gasteiger partial charge in [0.25, 0.3) is 11.8 Å². The van der Waals surface area contributed by atoms with Crippen LogP contribution in [0, 0.1) is 6.92 Å². The Morgan fingerprint density at radius 3 is 2.15 bits per heavy atom. The van der Waals surface area contributed by atoms with Gasteiger partial charge in [-0.25, -0.2) is 0 Å². The van der Waals surface area contributed by atoms with E-state index in [-0.39, 0.29) is 24.5 Å². The van der Waals surface area contributed by atoms with E-state index in [2.05, 4.69) is 53.4 Å². The summed E-state index contributed by atoms with van der Waals surface area (Å²) in [5, 5.41) is 0. The summed E-state index contributed by atoms with van der Waals surface area (Å²) in [6.45, 7) is 5.31. The van der Waals surface area contributed by atoms with Crippen molar-refractivity contribution < 1.29 is 14.3 Å². The zero-order valence-electron chi connectivity index (χ0n) is 22.7. The van der Waals surface area contributed by atoms with Crippen molar-refractivity contribution in [2.75, 3.05) is 37.7 Å². The third kappa shape index (κ3) is 5.36. The van der Waals surface area contributed by atoms with Crippen molar-refractivity contribution in [3.05, 3.63) is 131 Å². The van der Waals surface area contributed by atoms with Gasteiger partial charge in [0.1, 0.15) is 5.75 Å². The molecule has 1 fully saturated rings. The van der Waals surface area contributed by atoms with Gasteiger partial charge in [-0.2, -0.15) is 0 Å². The van der Waals surface area contributed by atoms with Crippen LogP contribution < -0.4 is 9.64 Å². The fourth-order valence-electron chi connectivity index (χ4n) is 5.72. The molecule has 202 valence electrons. The Bertz CT molecular complexity index is 1460. The molecule has 2 amide bonds. The van der Waals surface area contributed by atoms with E-state index >= 15 is 0 Å². The maximum atomic E-state index is 13.6. The van der Waals surface area contributed by atoms with Crippen molar-refractivity contribution >= 4 is 17.5 Å². The average molecular weight is 532 g/mol. The number of piperazine rings is 1. The summed E-state index contributed by atoms with van der Waals surface area (Å²) in [6.07, 6.45) is 0. The highest BCUT2D eigenvalue weighted by Crippen LogP contribution is 2.34. The number of hydrogen-bond acceptors (Lipinski definition) is 4. The molecule has 0 radical (unpaired) electrons. The molecule has 4 aromatic rings. The van der Waals surface area contributed by atoms with E-state index in [1.807, 2.05) is 66.4 Å². The van der Waals surface area contributed by atoms with Crippen LogP contribution in [-0.2, 0) is 11.3 Å². The van der Waals surface area contributed by atoms with Crippen LogP contribution in [0.1, 0.15) is 38.7 Å². The number of carbonyl (C=O) groups excluding carboxylic acids is 2. The zero-order valence-corrected chi connectivity index (χ0v) is 22.7. The highest BCUT2D eigenvalue weighted by molar-refractivity contribution is 5.98. The Labute approximate surface area is 235 Å². The minimum atomic E-state index is -0.0858. The van der Waals surface area contributed by atoms with Gasteiger partial charge in [-0.15, -0.1) is 0 Å². The van der Waals surface area contributed by atoms with Crippen LogP contribution in [0.5, 0.6) is 5.75 Å². The number of fused-ring (bicyclic) bond motifs is 1. The normalized spacial score (nSPS) is 15.6. The Morgan fingerprint density at radius 2 is 1.48 bits per heavy atom. The Hall–Kier alpha value is -4.42. The number of nitrogens with zero attached hydrogens (tertiary/aromatic N) is 3. The van der Waals surface area contributed by atoms with Crippen LogP contribution in [0.2, 0.25) is 0 Å². The van der Waals surface area contributed by atoms with Crippen LogP contribution in [0.25, 0.3) is 0 Å². The predicted octanol–water partition coefficient (Wildman–Crippen LogP) is 5.47. The molecule has 0 aliphatic carbocycles. The van der Waals surface area contributed by atoms with Crippen molar-refractivity contribution in [2.24, 2.45) is 0 Å². The van der Waals surface area contributed by atoms with Crippen LogP contribution in [0.4, 0.5) is 5.69 Å². The van der Waals surface area contributed by atoms with Crippen LogP contribution in [0.15, 0.2) is 103 Å². The lowest BCUT2D eigenvalue weighted by atomic mass is 9.96. The van der Waals surface area contributed by atoms with E-state index in [0.717, 1.165) is 29.9 Å². The van der Waals surface area contributed by atoms with Crippen molar-refractivity contribution in [1.82, 2.24) is 9.80 Å². The van der Waals surface area contributed by atoms with Crippen molar-refractivity contribution in [2.45, 2.75) is 19.5 Å². The molecule has 6 rings (SSSR count). The molecule has 4 aromatic carbocycles. The second-order valence-electron chi connectivity index (χ2n) is 10.5. The first-order valence-electron chi connectivity index (χ1n) is 13.8. The van der Waals surface area contributed by atoms with Gasteiger partial charge in [-0.3, -0.25) is 14.5 Å². The third-order valence-electron chi connectivity index (χ3n) is 7.77. The lowest BCUT2D eigenvalue weighted by Gasteiger charge is -2.40. The topological polar surface area (TPSA) is 53.1 Å². The first-order chi connectivity index (χ1) is 19.6. The van der Waals surface area contributed by atoms with Crippen molar-refractivity contribution in [1.29, 1.82) is 0 Å². The molecule has 2 aliphatic heterocycles. The standard InChI is InChI=1S/C34H33N3O3/c1-25-15-16-31-30(21-25)37(32(38)24-40-31)23-26-9-8-14-29(22-26)34(39)36-19-17-35(18-20-36)33(27-10-4-2-5-11-27)28-12-6-3-7-13-28/h2-16,21-22,33H,17-20,23-24H2,1H3. The molecule has 6 nitrogen and oxygen atoms in total. The molecular weight excluding hydrogens is 498 g/mol. The molecule has 0 unspecified atom stereocenters. The second-order valence-corrected chi connectivity index (χ2v) is 10.5. The number of amides is 2. The Kier molecular flexibility index (Phi) is 7.34. The molecule has 0 aromatic heterocycles. The maximum absolute atomic E-state index is 13.6. The van der Waals surface area contributed by atoms with Gasteiger partial charge in [0.15, 0.2) is 6.61 Å². The van der Waals surface area contributed by atoms with Gasteiger partial charge in [-0.05, 0) is 53.4 Å². The smallest absolute Gasteiger partial charge is 0.265 e. The summed E-state index contributed by atoms with van der Waals surface area (Å²) in [5.41, 5.74) is 5.92. The van der Waals surface area contributed by atoms with Crippen LogP contribution in [-0.4, -0.2) is 54.4 Å². The lowest BCUT2D eigenvalue weighted by molar-refractivity contribution is -0.121. The molecule has 0 spiro atoms. The van der Waals surface area contributed by atoms with Gasteiger partial charge < -0.3 is 14.5 Å². The van der Waals surface area contributed by atoms with Crippen LogP contribution in [0.3, 0.4) is 0 Å². The van der Waals surface area contributed by atoms with Gasteiger partial charge in [0, 0.05) is 31.7 Å². The van der Waals surface area contributed by atoms with E-state index in [9.17, 15) is 9.59 Å². The summed E-state index contributed by atoms with van der Waals surface area (Å²) < 4.78 is 5.63. The van der Waals surface area contributed by atoms with Gasteiger partial charge in [0.2, 0.25) is 0 Å². The highest BCUT2D eigenvalue weighted by atomic mass is 16.5. The fourth-order valence-corrected chi connectivity index (χ4v) is 5.72. The first kappa shape index (κ1) is 25.8. The Balaban J connectivity index is 1.16. The minimum Gasteiger partial charge on any atom is -0.482 e. The number of ether oxygens (including phenoxy) is 1. The number of hydrogen-bond donors (Lipinski definition) is 0. The summed E-state index contributed by atoms with van der Waals surface area (Å²) in [5.74, 6) is 0.652. The molecule has 40 heavy (non-hydrogen) atoms. The molecular formula is C34H33N3O3. The number of rotatable bonds is 6. The SMILES string of the molecule is Cc1ccc2c(c1)N(Cc1cccc(C(=O)N3CCN(C(c4ccccc4)c4ccccc4)CC3)c1)C(=O)CO2. The predicted molar refractivity (Wildman–Crippen MR) is 157 cm³/mol. The average Bonchev–Trinajstić information content (AvgIpc) is 3.00. The van der Waals surface area contributed by atoms with E-state index < -0.39 is 0 Å². The summed E-state index contributed by atoms with van der Waals surface area (Å²) in [7, 11) is 0. The largest absolute Gasteiger partial charge is 0.482 e. The Morgan fingerprint density at radius 1 is 0.800 bits per heavy atom. The number of aryl methyl sites for hydroxylation is 1. The number of carbonyl (C=O) groups is 2. The zero-order chi connectivity index (χ0) is 27.5. The first-order valence-corrected chi connectivity index (χ1v) is 13.8. The van der Waals surface area contributed by atoms with E-state index in [1.54, 1.807) is 4.90 Å². The van der Waals surface area contributed by atoms with Gasteiger partial charge >= 0.3 is 0 Å². The molecule has 2 heterocycles. The quantitative estimate of drug-likeness (QED) is 0.331. The monoisotopic (exact) mass is 531 g/mol. The van der Waals surface area contributed by atoms with E-state index in [1.165, 1.54) is 11.1 Å². The molecule has 0 saturated carbocycles. The third-order valence-corrected chi connectivity index (χ3v) is 7.77. The molecule has 0 N–H and O–H groups in total. The number of benzene rings is 4. The summed E-state index contributed by atoms with van der Waals surface area (Å²) in [4.78, 5) is 32.5. The lowest BCUT2D eigenvalue weighted by Crippen LogP contribution is -2.49. The molecule has 0 atom stereocenters. The fraction of sp³-hybridized carbons (Fsp3) is 0.235. The van der Waals surface area contributed by atoms with E-state index in [0.29, 0.717) is 30.9 Å². The van der Waals surface area contributed by atoms with Gasteiger partial charge in [-0.1, -0.05) is 78.9 Å². The highest BCUT2D eigenvalue weighted by Gasteiger charge is 2.29. The van der Waals surface area contributed by atoms with Crippen LogP contribution >= 0.6 is 0 Å².